The number of hydrogen-bond donors (Lipinski definition) is 1. The molecule has 1 unspecified atom stereocenters. The van der Waals surface area contributed by atoms with E-state index in [1.54, 1.807) is 23.8 Å². The van der Waals surface area contributed by atoms with Gasteiger partial charge in [0, 0.05) is 11.6 Å². The summed E-state index contributed by atoms with van der Waals surface area (Å²) < 4.78 is 1.58. The monoisotopic (exact) mass is 396 g/mol. The SMILES string of the molecule is Cc1nc2ccccc2c(=O)n1C(CC1CCCCC1)C(=O)Nc1nccs1. The molecule has 2 aromatic heterocycles. The van der Waals surface area contributed by atoms with Crippen molar-refractivity contribution in [3.05, 3.63) is 52.0 Å². The minimum Gasteiger partial charge on any atom is -0.300 e. The zero-order valence-electron chi connectivity index (χ0n) is 15.9. The molecule has 1 fully saturated rings. The third-order valence-electron chi connectivity index (χ3n) is 5.54. The highest BCUT2D eigenvalue weighted by atomic mass is 32.1. The number of aromatic nitrogens is 3. The van der Waals surface area contributed by atoms with E-state index in [1.807, 2.05) is 23.6 Å². The van der Waals surface area contributed by atoms with Crippen LogP contribution in [0.15, 0.2) is 40.6 Å². The van der Waals surface area contributed by atoms with E-state index in [0.717, 1.165) is 12.8 Å². The molecule has 3 aromatic rings. The Morgan fingerprint density at radius 3 is 2.82 bits per heavy atom. The summed E-state index contributed by atoms with van der Waals surface area (Å²) in [6.45, 7) is 1.80. The van der Waals surface area contributed by atoms with Crippen LogP contribution in [0.4, 0.5) is 5.13 Å². The summed E-state index contributed by atoms with van der Waals surface area (Å²) in [4.78, 5) is 35.2. The van der Waals surface area contributed by atoms with Crippen LogP contribution in [0.2, 0.25) is 0 Å². The first-order valence-electron chi connectivity index (χ1n) is 9.81. The fourth-order valence-electron chi connectivity index (χ4n) is 4.17. The molecule has 1 aromatic carbocycles. The molecule has 1 amide bonds. The van der Waals surface area contributed by atoms with Crippen LogP contribution in [-0.4, -0.2) is 20.4 Å². The summed E-state index contributed by atoms with van der Waals surface area (Å²) in [6, 6.07) is 6.72. The van der Waals surface area contributed by atoms with Crippen LogP contribution in [0.25, 0.3) is 10.9 Å². The molecule has 0 spiro atoms. The van der Waals surface area contributed by atoms with Crippen LogP contribution >= 0.6 is 11.3 Å². The van der Waals surface area contributed by atoms with Crippen molar-refractivity contribution in [2.45, 2.75) is 51.5 Å². The number of benzene rings is 1. The molecule has 6 nitrogen and oxygen atoms in total. The van der Waals surface area contributed by atoms with Crippen molar-refractivity contribution < 1.29 is 4.79 Å². The van der Waals surface area contributed by atoms with E-state index in [9.17, 15) is 9.59 Å². The number of anilines is 1. The van der Waals surface area contributed by atoms with E-state index >= 15 is 0 Å². The maximum atomic E-state index is 13.3. The lowest BCUT2D eigenvalue weighted by Crippen LogP contribution is -2.37. The number of carbonyl (C=O) groups excluding carboxylic acids is 1. The van der Waals surface area contributed by atoms with E-state index in [-0.39, 0.29) is 11.5 Å². The van der Waals surface area contributed by atoms with Gasteiger partial charge in [-0.1, -0.05) is 44.2 Å². The van der Waals surface area contributed by atoms with E-state index in [4.69, 9.17) is 0 Å². The summed E-state index contributed by atoms with van der Waals surface area (Å²) in [7, 11) is 0. The number of para-hydroxylation sites is 1. The van der Waals surface area contributed by atoms with Gasteiger partial charge in [-0.05, 0) is 31.4 Å². The van der Waals surface area contributed by atoms with Crippen LogP contribution in [0.5, 0.6) is 0 Å². The zero-order chi connectivity index (χ0) is 19.5. The van der Waals surface area contributed by atoms with Crippen molar-refractivity contribution in [3.8, 4) is 0 Å². The molecule has 7 heteroatoms. The lowest BCUT2D eigenvalue weighted by atomic mass is 9.84. The normalized spacial score (nSPS) is 16.2. The van der Waals surface area contributed by atoms with Crippen LogP contribution in [0, 0.1) is 12.8 Å². The second kappa shape index (κ2) is 8.22. The second-order valence-electron chi connectivity index (χ2n) is 7.43. The first kappa shape index (κ1) is 18.8. The van der Waals surface area contributed by atoms with Crippen molar-refractivity contribution in [2.75, 3.05) is 5.32 Å². The maximum Gasteiger partial charge on any atom is 0.262 e. The topological polar surface area (TPSA) is 76.9 Å². The molecule has 1 aliphatic carbocycles. The molecular weight excluding hydrogens is 372 g/mol. The third kappa shape index (κ3) is 3.85. The van der Waals surface area contributed by atoms with Crippen molar-refractivity contribution in [1.29, 1.82) is 0 Å². The van der Waals surface area contributed by atoms with Crippen molar-refractivity contribution in [1.82, 2.24) is 14.5 Å². The van der Waals surface area contributed by atoms with Crippen molar-refractivity contribution >= 4 is 33.3 Å². The number of nitrogens with zero attached hydrogens (tertiary/aromatic N) is 3. The molecule has 1 saturated carbocycles. The van der Waals surface area contributed by atoms with Crippen LogP contribution in [0.1, 0.15) is 50.4 Å². The number of amides is 1. The van der Waals surface area contributed by atoms with Gasteiger partial charge >= 0.3 is 0 Å². The van der Waals surface area contributed by atoms with Gasteiger partial charge in [0.05, 0.1) is 10.9 Å². The molecule has 4 rings (SSSR count). The van der Waals surface area contributed by atoms with Gasteiger partial charge in [0.25, 0.3) is 5.56 Å². The van der Waals surface area contributed by atoms with Gasteiger partial charge in [0.2, 0.25) is 5.91 Å². The Bertz CT molecular complexity index is 1020. The van der Waals surface area contributed by atoms with E-state index < -0.39 is 6.04 Å². The smallest absolute Gasteiger partial charge is 0.262 e. The molecule has 146 valence electrons. The largest absolute Gasteiger partial charge is 0.300 e. The Hall–Kier alpha value is -2.54. The molecule has 0 aliphatic heterocycles. The molecule has 1 aliphatic rings. The van der Waals surface area contributed by atoms with Crippen LogP contribution in [-0.2, 0) is 4.79 Å². The first-order valence-corrected chi connectivity index (χ1v) is 10.7. The number of aryl methyl sites for hydroxylation is 1. The minimum atomic E-state index is -0.586. The molecule has 2 heterocycles. The van der Waals surface area contributed by atoms with E-state index in [0.29, 0.717) is 34.2 Å². The van der Waals surface area contributed by atoms with Crippen molar-refractivity contribution in [3.63, 3.8) is 0 Å². The molecule has 0 saturated heterocycles. The summed E-state index contributed by atoms with van der Waals surface area (Å²) in [6.07, 6.45) is 8.16. The lowest BCUT2D eigenvalue weighted by molar-refractivity contribution is -0.120. The second-order valence-corrected chi connectivity index (χ2v) is 8.33. The molecule has 28 heavy (non-hydrogen) atoms. The average molecular weight is 397 g/mol. The first-order chi connectivity index (χ1) is 13.6. The Morgan fingerprint density at radius 2 is 2.07 bits per heavy atom. The average Bonchev–Trinajstić information content (AvgIpc) is 3.21. The predicted molar refractivity (Wildman–Crippen MR) is 112 cm³/mol. The van der Waals surface area contributed by atoms with Gasteiger partial charge in [0.1, 0.15) is 11.9 Å². The number of thiazole rings is 1. The Kier molecular flexibility index (Phi) is 5.52. The molecule has 1 atom stereocenters. The summed E-state index contributed by atoms with van der Waals surface area (Å²) in [5, 5.41) is 5.81. The quantitative estimate of drug-likeness (QED) is 0.697. The number of nitrogens with one attached hydrogen (secondary N) is 1. The van der Waals surface area contributed by atoms with Gasteiger partial charge in [-0.15, -0.1) is 11.3 Å². The Morgan fingerprint density at radius 1 is 1.29 bits per heavy atom. The maximum absolute atomic E-state index is 13.3. The van der Waals surface area contributed by atoms with Gasteiger partial charge < -0.3 is 5.32 Å². The summed E-state index contributed by atoms with van der Waals surface area (Å²) >= 11 is 1.37. The number of carbonyl (C=O) groups is 1. The standard InChI is InChI=1S/C21H24N4O2S/c1-14-23-17-10-6-5-9-16(17)20(27)25(14)18(13-15-7-3-2-4-8-15)19(26)24-21-22-11-12-28-21/h5-6,9-12,15,18H,2-4,7-8,13H2,1H3,(H,22,24,26). The van der Waals surface area contributed by atoms with Gasteiger partial charge in [-0.3, -0.25) is 14.2 Å². The van der Waals surface area contributed by atoms with Gasteiger partial charge in [0.15, 0.2) is 5.13 Å². The summed E-state index contributed by atoms with van der Waals surface area (Å²) in [5.74, 6) is 0.820. The Balaban J connectivity index is 1.74. The van der Waals surface area contributed by atoms with Crippen LogP contribution < -0.4 is 10.9 Å². The third-order valence-corrected chi connectivity index (χ3v) is 6.23. The van der Waals surface area contributed by atoms with E-state index in [2.05, 4.69) is 15.3 Å². The number of fused-ring (bicyclic) bond motifs is 1. The molecule has 0 bridgehead atoms. The highest BCUT2D eigenvalue weighted by Gasteiger charge is 2.29. The minimum absolute atomic E-state index is 0.154. The highest BCUT2D eigenvalue weighted by Crippen LogP contribution is 2.31. The summed E-state index contributed by atoms with van der Waals surface area (Å²) in [5.41, 5.74) is 0.510. The molecule has 1 N–H and O–H groups in total. The van der Waals surface area contributed by atoms with Crippen molar-refractivity contribution in [2.24, 2.45) is 5.92 Å². The van der Waals surface area contributed by atoms with Crippen LogP contribution in [0.3, 0.4) is 0 Å². The lowest BCUT2D eigenvalue weighted by Gasteiger charge is -2.28. The highest BCUT2D eigenvalue weighted by molar-refractivity contribution is 7.13. The molecular formula is C21H24N4O2S. The fourth-order valence-corrected chi connectivity index (χ4v) is 4.70. The Labute approximate surface area is 167 Å². The fraction of sp³-hybridized carbons (Fsp3) is 0.429. The predicted octanol–water partition coefficient (Wildman–Crippen LogP) is 4.31. The zero-order valence-corrected chi connectivity index (χ0v) is 16.7. The number of rotatable bonds is 5. The van der Waals surface area contributed by atoms with Gasteiger partial charge in [-0.2, -0.15) is 0 Å². The number of hydrogen-bond acceptors (Lipinski definition) is 5. The van der Waals surface area contributed by atoms with Gasteiger partial charge in [-0.25, -0.2) is 9.97 Å². The van der Waals surface area contributed by atoms with E-state index in [1.165, 1.54) is 30.6 Å². The molecule has 0 radical (unpaired) electrons.